The fraction of sp³-hybridized carbons (Fsp3) is 0.711. The number of hydrogen-bond acceptors (Lipinski definition) is 6. The molecule has 1 aliphatic carbocycles. The van der Waals surface area contributed by atoms with Crippen molar-refractivity contribution in [3.8, 4) is 5.75 Å². The van der Waals surface area contributed by atoms with Gasteiger partial charge < -0.3 is 23.4 Å². The number of benzene rings is 1. The number of ether oxygens (including phenoxy) is 2. The Labute approximate surface area is 296 Å². The van der Waals surface area contributed by atoms with Gasteiger partial charge in [-0.05, 0) is 99.9 Å². The van der Waals surface area contributed by atoms with Crippen molar-refractivity contribution in [1.82, 2.24) is 0 Å². The molecule has 5 atom stereocenters. The molecule has 6 nitrogen and oxygen atoms in total. The second-order valence-corrected chi connectivity index (χ2v) is 23.1. The number of unbranched alkanes of at least 4 members (excludes halogenated alkanes) is 1. The Morgan fingerprint density at radius 1 is 0.980 bits per heavy atom. The summed E-state index contributed by atoms with van der Waals surface area (Å²) in [4.78, 5) is 11.9. The zero-order valence-electron chi connectivity index (χ0n) is 31.2. The quantitative estimate of drug-likeness (QED) is 0.0555. The lowest BCUT2D eigenvalue weighted by Crippen LogP contribution is -2.42. The largest absolute Gasteiger partial charge is 0.491 e. The third-order valence-electron chi connectivity index (χ3n) is 10.4. The van der Waals surface area contributed by atoms with Gasteiger partial charge in [-0.25, -0.2) is 0 Å². The lowest BCUT2D eigenvalue weighted by molar-refractivity contribution is -0.147. The molecule has 1 aromatic rings. The first-order valence-electron chi connectivity index (χ1n) is 18.6. The minimum absolute atomic E-state index is 0.0715. The van der Waals surface area contributed by atoms with E-state index in [0.717, 1.165) is 54.8 Å². The highest BCUT2D eigenvalue weighted by atomic mass is 28.4. The molecule has 0 amide bonds. The summed E-state index contributed by atoms with van der Waals surface area (Å²) in [5, 5.41) is 11.4. The van der Waals surface area contributed by atoms with Crippen molar-refractivity contribution in [2.75, 3.05) is 6.61 Å². The molecule has 5 unspecified atom stereocenters. The average molecular weight is 729 g/mol. The van der Waals surface area contributed by atoms with Gasteiger partial charge in [0.15, 0.2) is 16.6 Å². The molecule has 1 N–H and O–H groups in total. The SMILES string of the molecule is CC[Si](CC)(CC)OC(C=CC1C(O[Si](CC)(CC)CC)CC(O)C1CC=CCCCC(=O)OC(C)C)COc1cccc(C(F)(F)F)c1. The lowest BCUT2D eigenvalue weighted by atomic mass is 9.89. The van der Waals surface area contributed by atoms with Crippen LogP contribution in [0, 0.1) is 11.8 Å². The molecular formula is C38H63F3O6Si2. The highest BCUT2D eigenvalue weighted by molar-refractivity contribution is 6.74. The van der Waals surface area contributed by atoms with Crippen LogP contribution in [0.5, 0.6) is 5.75 Å². The third kappa shape index (κ3) is 13.6. The van der Waals surface area contributed by atoms with Crippen molar-refractivity contribution >= 4 is 22.6 Å². The summed E-state index contributed by atoms with van der Waals surface area (Å²) in [6.45, 7) is 16.8. The highest BCUT2D eigenvalue weighted by Crippen LogP contribution is 2.41. The molecule has 2 rings (SSSR count). The van der Waals surface area contributed by atoms with Crippen LogP contribution in [0.25, 0.3) is 0 Å². The van der Waals surface area contributed by atoms with E-state index in [1.165, 1.54) is 12.1 Å². The van der Waals surface area contributed by atoms with Crippen molar-refractivity contribution in [2.45, 2.75) is 154 Å². The molecule has 0 radical (unpaired) electrons. The zero-order valence-corrected chi connectivity index (χ0v) is 33.2. The first kappa shape index (κ1) is 43.2. The number of rotatable bonds is 22. The molecule has 1 saturated carbocycles. The van der Waals surface area contributed by atoms with Gasteiger partial charge in [-0.3, -0.25) is 4.79 Å². The fourth-order valence-electron chi connectivity index (χ4n) is 6.83. The van der Waals surface area contributed by atoms with Crippen LogP contribution < -0.4 is 4.74 Å². The monoisotopic (exact) mass is 728 g/mol. The second kappa shape index (κ2) is 20.8. The van der Waals surface area contributed by atoms with Crippen LogP contribution in [-0.2, 0) is 24.6 Å². The van der Waals surface area contributed by atoms with E-state index in [0.29, 0.717) is 25.7 Å². The fourth-order valence-corrected chi connectivity index (χ4v) is 12.5. The number of aliphatic hydroxyl groups excluding tert-OH is 1. The number of allylic oxidation sites excluding steroid dienone is 2. The molecule has 1 aliphatic rings. The Kier molecular flexibility index (Phi) is 18.4. The number of aliphatic hydroxyl groups is 1. The molecule has 11 heteroatoms. The summed E-state index contributed by atoms with van der Waals surface area (Å²) in [6, 6.07) is 10.7. The molecular weight excluding hydrogens is 666 g/mol. The maximum absolute atomic E-state index is 13.4. The molecule has 0 bridgehead atoms. The van der Waals surface area contributed by atoms with Crippen molar-refractivity contribution in [2.24, 2.45) is 11.8 Å². The molecule has 0 saturated heterocycles. The normalized spacial score (nSPS) is 21.2. The lowest BCUT2D eigenvalue weighted by Gasteiger charge is -2.35. The Morgan fingerprint density at radius 2 is 1.61 bits per heavy atom. The zero-order chi connectivity index (χ0) is 36.7. The van der Waals surface area contributed by atoms with Gasteiger partial charge in [0.25, 0.3) is 0 Å². The first-order chi connectivity index (χ1) is 23.2. The van der Waals surface area contributed by atoms with Crippen LogP contribution in [0.3, 0.4) is 0 Å². The molecule has 1 aromatic carbocycles. The van der Waals surface area contributed by atoms with Crippen LogP contribution in [0.15, 0.2) is 48.6 Å². The number of alkyl halides is 3. The average Bonchev–Trinajstić information content (AvgIpc) is 3.37. The van der Waals surface area contributed by atoms with Crippen LogP contribution in [0.4, 0.5) is 13.2 Å². The van der Waals surface area contributed by atoms with E-state index in [2.05, 4.69) is 59.8 Å². The number of halogens is 3. The standard InChI is InChI=1S/C38H63F3O6Si2/c1-9-48(10-2,11-3)46-32(28-44-31-21-19-20-30(26-31)38(39,40)41)24-25-34-33(22-17-15-16-18-23-37(43)45-29(7)8)35(42)27-36(34)47-49(12-4,13-5)14-6/h15,17,19-21,24-26,29,32-36,42H,9-14,16,18,22-23,27-28H2,1-8H3. The Morgan fingerprint density at radius 3 is 2.18 bits per heavy atom. The molecule has 0 aliphatic heterocycles. The van der Waals surface area contributed by atoms with Crippen LogP contribution >= 0.6 is 0 Å². The minimum atomic E-state index is -4.46. The maximum Gasteiger partial charge on any atom is 0.416 e. The van der Waals surface area contributed by atoms with E-state index in [9.17, 15) is 23.1 Å². The van der Waals surface area contributed by atoms with E-state index >= 15 is 0 Å². The van der Waals surface area contributed by atoms with Gasteiger partial charge in [0, 0.05) is 12.3 Å². The van der Waals surface area contributed by atoms with Gasteiger partial charge in [-0.1, -0.05) is 71.9 Å². The van der Waals surface area contributed by atoms with E-state index in [1.54, 1.807) is 0 Å². The van der Waals surface area contributed by atoms with E-state index in [4.69, 9.17) is 18.3 Å². The van der Waals surface area contributed by atoms with Crippen LogP contribution in [-0.4, -0.2) is 58.7 Å². The van der Waals surface area contributed by atoms with Gasteiger partial charge in [-0.2, -0.15) is 13.2 Å². The molecule has 49 heavy (non-hydrogen) atoms. The number of carbonyl (C=O) groups is 1. The molecule has 280 valence electrons. The molecule has 0 aromatic heterocycles. The summed E-state index contributed by atoms with van der Waals surface area (Å²) >= 11 is 0. The van der Waals surface area contributed by atoms with Gasteiger partial charge in [0.1, 0.15) is 12.4 Å². The Bertz CT molecular complexity index is 1150. The smallest absolute Gasteiger partial charge is 0.416 e. The van der Waals surface area contributed by atoms with E-state index in [1.807, 2.05) is 19.9 Å². The van der Waals surface area contributed by atoms with Crippen LogP contribution in [0.2, 0.25) is 36.3 Å². The van der Waals surface area contributed by atoms with Gasteiger partial charge >= 0.3 is 12.1 Å². The van der Waals surface area contributed by atoms with E-state index in [-0.39, 0.29) is 42.4 Å². The Hall–Kier alpha value is -1.93. The third-order valence-corrected chi connectivity index (χ3v) is 19.7. The minimum Gasteiger partial charge on any atom is -0.491 e. The summed E-state index contributed by atoms with van der Waals surface area (Å²) in [7, 11) is -4.11. The van der Waals surface area contributed by atoms with Gasteiger partial charge in [-0.15, -0.1) is 0 Å². The van der Waals surface area contributed by atoms with E-state index < -0.39 is 40.6 Å². The van der Waals surface area contributed by atoms with Crippen molar-refractivity contribution in [1.29, 1.82) is 0 Å². The highest BCUT2D eigenvalue weighted by Gasteiger charge is 2.45. The predicted octanol–water partition coefficient (Wildman–Crippen LogP) is 10.5. The first-order valence-corrected chi connectivity index (χ1v) is 23.6. The summed E-state index contributed by atoms with van der Waals surface area (Å²) in [6.07, 6.45) is 5.61. The maximum atomic E-state index is 13.4. The summed E-state index contributed by atoms with van der Waals surface area (Å²) in [5.74, 6) is -0.185. The molecule has 0 spiro atoms. The van der Waals surface area contributed by atoms with Gasteiger partial charge in [0.05, 0.1) is 30.0 Å². The number of carbonyl (C=O) groups excluding carboxylic acids is 1. The van der Waals surface area contributed by atoms with Crippen molar-refractivity contribution in [3.05, 3.63) is 54.1 Å². The molecule has 1 fully saturated rings. The van der Waals surface area contributed by atoms with Crippen molar-refractivity contribution in [3.63, 3.8) is 0 Å². The number of hydrogen-bond donors (Lipinski definition) is 1. The summed E-state index contributed by atoms with van der Waals surface area (Å²) in [5.41, 5.74) is -0.751. The van der Waals surface area contributed by atoms with Crippen molar-refractivity contribution < 1.29 is 41.4 Å². The Balaban J connectivity index is 2.36. The number of esters is 1. The van der Waals surface area contributed by atoms with Gasteiger partial charge in [0.2, 0.25) is 0 Å². The molecule has 0 heterocycles. The van der Waals surface area contributed by atoms with Crippen LogP contribution in [0.1, 0.15) is 93.1 Å². The summed E-state index contributed by atoms with van der Waals surface area (Å²) < 4.78 is 65.3. The predicted molar refractivity (Wildman–Crippen MR) is 197 cm³/mol. The topological polar surface area (TPSA) is 74.2 Å². The second-order valence-electron chi connectivity index (χ2n) is 13.7.